The number of amides is 2. The molecule has 1 N–H and O–H groups in total. The third-order valence-corrected chi connectivity index (χ3v) is 4.49. The Morgan fingerprint density at radius 1 is 1.17 bits per heavy atom. The standard InChI is InChI=1S/C16H17F3N2O3/c17-16(18,19)10-24-12-3-1-11(2-4-12)21-8-6-15(14(21)23)5-7-20-13(22)9-15/h1-4H,5-10H2,(H,20,22). The molecule has 2 heterocycles. The van der Waals surface area contributed by atoms with Crippen molar-refractivity contribution in [1.29, 1.82) is 0 Å². The average molecular weight is 342 g/mol. The predicted octanol–water partition coefficient (Wildman–Crippen LogP) is 2.26. The number of halogens is 3. The number of carbonyl (C=O) groups is 2. The molecule has 2 aliphatic heterocycles. The molecule has 2 amide bonds. The van der Waals surface area contributed by atoms with Crippen molar-refractivity contribution < 1.29 is 27.5 Å². The Hall–Kier alpha value is -2.25. The lowest BCUT2D eigenvalue weighted by molar-refractivity contribution is -0.153. The van der Waals surface area contributed by atoms with E-state index >= 15 is 0 Å². The number of piperidine rings is 1. The van der Waals surface area contributed by atoms with Crippen molar-refractivity contribution in [3.05, 3.63) is 24.3 Å². The van der Waals surface area contributed by atoms with Crippen LogP contribution in [0.3, 0.4) is 0 Å². The van der Waals surface area contributed by atoms with Crippen LogP contribution in [0.4, 0.5) is 18.9 Å². The number of benzene rings is 1. The fourth-order valence-electron chi connectivity index (χ4n) is 3.25. The van der Waals surface area contributed by atoms with Gasteiger partial charge in [-0.15, -0.1) is 0 Å². The number of hydrogen-bond donors (Lipinski definition) is 1. The second-order valence-electron chi connectivity index (χ2n) is 6.16. The zero-order chi connectivity index (χ0) is 17.4. The Labute approximate surface area is 136 Å². The molecule has 24 heavy (non-hydrogen) atoms. The Balaban J connectivity index is 1.69. The van der Waals surface area contributed by atoms with Gasteiger partial charge in [-0.2, -0.15) is 13.2 Å². The highest BCUT2D eigenvalue weighted by Gasteiger charge is 2.49. The molecule has 5 nitrogen and oxygen atoms in total. The highest BCUT2D eigenvalue weighted by molar-refractivity contribution is 6.02. The summed E-state index contributed by atoms with van der Waals surface area (Å²) in [5, 5.41) is 2.72. The molecule has 1 aromatic carbocycles. The molecule has 1 aromatic rings. The molecule has 130 valence electrons. The number of nitrogens with zero attached hydrogens (tertiary/aromatic N) is 1. The van der Waals surface area contributed by atoms with Gasteiger partial charge in [-0.1, -0.05) is 0 Å². The minimum absolute atomic E-state index is 0.0921. The molecule has 2 aliphatic rings. The third kappa shape index (κ3) is 3.32. The summed E-state index contributed by atoms with van der Waals surface area (Å²) in [5.74, 6) is -0.122. The molecule has 1 atom stereocenters. The van der Waals surface area contributed by atoms with E-state index in [0.717, 1.165) is 0 Å². The Bertz CT molecular complexity index is 645. The zero-order valence-electron chi connectivity index (χ0n) is 12.9. The van der Waals surface area contributed by atoms with Crippen LogP contribution in [-0.2, 0) is 9.59 Å². The molecule has 1 unspecified atom stereocenters. The first-order valence-corrected chi connectivity index (χ1v) is 7.67. The molecule has 0 bridgehead atoms. The maximum atomic E-state index is 12.7. The molecule has 8 heteroatoms. The minimum Gasteiger partial charge on any atom is -0.484 e. The summed E-state index contributed by atoms with van der Waals surface area (Å²) in [6.45, 7) is -0.370. The third-order valence-electron chi connectivity index (χ3n) is 4.49. The quantitative estimate of drug-likeness (QED) is 0.917. The lowest BCUT2D eigenvalue weighted by atomic mass is 9.77. The van der Waals surface area contributed by atoms with Crippen molar-refractivity contribution in [2.75, 3.05) is 24.6 Å². The van der Waals surface area contributed by atoms with Gasteiger partial charge in [-0.25, -0.2) is 0 Å². The largest absolute Gasteiger partial charge is 0.484 e. The second kappa shape index (κ2) is 5.99. The van der Waals surface area contributed by atoms with Crippen molar-refractivity contribution >= 4 is 17.5 Å². The van der Waals surface area contributed by atoms with Crippen LogP contribution in [0.5, 0.6) is 5.75 Å². The summed E-state index contributed by atoms with van der Waals surface area (Å²) in [6.07, 6.45) is -2.99. The van der Waals surface area contributed by atoms with Crippen molar-refractivity contribution in [3.8, 4) is 5.75 Å². The van der Waals surface area contributed by atoms with Gasteiger partial charge in [-0.3, -0.25) is 9.59 Å². The van der Waals surface area contributed by atoms with E-state index in [1.165, 1.54) is 12.1 Å². The van der Waals surface area contributed by atoms with Crippen LogP contribution in [-0.4, -0.2) is 37.7 Å². The molecular formula is C16H17F3N2O3. The van der Waals surface area contributed by atoms with E-state index in [2.05, 4.69) is 10.1 Å². The Morgan fingerprint density at radius 3 is 2.50 bits per heavy atom. The second-order valence-corrected chi connectivity index (χ2v) is 6.16. The molecule has 1 spiro atoms. The van der Waals surface area contributed by atoms with E-state index < -0.39 is 18.2 Å². The number of carbonyl (C=O) groups excluding carboxylic acids is 2. The van der Waals surface area contributed by atoms with Crippen LogP contribution in [0.15, 0.2) is 24.3 Å². The van der Waals surface area contributed by atoms with E-state index in [-0.39, 0.29) is 24.0 Å². The van der Waals surface area contributed by atoms with E-state index in [1.54, 1.807) is 17.0 Å². The fraction of sp³-hybridized carbons (Fsp3) is 0.500. The van der Waals surface area contributed by atoms with Gasteiger partial charge in [0.1, 0.15) is 5.75 Å². The monoisotopic (exact) mass is 342 g/mol. The van der Waals surface area contributed by atoms with Gasteiger partial charge in [0.25, 0.3) is 0 Å². The van der Waals surface area contributed by atoms with E-state index in [1.807, 2.05) is 0 Å². The summed E-state index contributed by atoms with van der Waals surface area (Å²) in [5.41, 5.74) is -0.0458. The van der Waals surface area contributed by atoms with E-state index in [0.29, 0.717) is 31.6 Å². The van der Waals surface area contributed by atoms with E-state index in [9.17, 15) is 22.8 Å². The summed E-state index contributed by atoms with van der Waals surface area (Å²) in [7, 11) is 0. The fourth-order valence-corrected chi connectivity index (χ4v) is 3.25. The number of anilines is 1. The molecule has 0 radical (unpaired) electrons. The highest BCUT2D eigenvalue weighted by Crippen LogP contribution is 2.42. The number of nitrogens with one attached hydrogen (secondary N) is 1. The first-order chi connectivity index (χ1) is 11.3. The number of hydrogen-bond acceptors (Lipinski definition) is 3. The van der Waals surface area contributed by atoms with Crippen LogP contribution in [0.1, 0.15) is 19.3 Å². The molecule has 2 fully saturated rings. The lowest BCUT2D eigenvalue weighted by Gasteiger charge is -2.31. The van der Waals surface area contributed by atoms with Gasteiger partial charge in [-0.05, 0) is 37.1 Å². The van der Waals surface area contributed by atoms with Gasteiger partial charge in [0.15, 0.2) is 6.61 Å². The number of rotatable bonds is 3. The molecule has 3 rings (SSSR count). The number of ether oxygens (including phenoxy) is 1. The number of alkyl halides is 3. The smallest absolute Gasteiger partial charge is 0.422 e. The normalized spacial score (nSPS) is 24.4. The topological polar surface area (TPSA) is 58.6 Å². The van der Waals surface area contributed by atoms with Gasteiger partial charge in [0.2, 0.25) is 11.8 Å². The molecular weight excluding hydrogens is 325 g/mol. The van der Waals surface area contributed by atoms with Crippen LogP contribution in [0.2, 0.25) is 0 Å². The van der Waals surface area contributed by atoms with Crippen molar-refractivity contribution in [2.45, 2.75) is 25.4 Å². The Kier molecular flexibility index (Phi) is 4.15. The lowest BCUT2D eigenvalue weighted by Crippen LogP contribution is -2.45. The zero-order valence-corrected chi connectivity index (χ0v) is 12.9. The molecule has 0 aliphatic carbocycles. The highest BCUT2D eigenvalue weighted by atomic mass is 19.4. The Morgan fingerprint density at radius 2 is 1.88 bits per heavy atom. The predicted molar refractivity (Wildman–Crippen MR) is 79.6 cm³/mol. The van der Waals surface area contributed by atoms with Crippen LogP contribution >= 0.6 is 0 Å². The molecule has 0 aromatic heterocycles. The van der Waals surface area contributed by atoms with Gasteiger partial charge in [0, 0.05) is 25.2 Å². The maximum absolute atomic E-state index is 12.7. The molecule has 0 saturated carbocycles. The summed E-state index contributed by atoms with van der Waals surface area (Å²) in [4.78, 5) is 25.9. The maximum Gasteiger partial charge on any atom is 0.422 e. The van der Waals surface area contributed by atoms with Crippen LogP contribution < -0.4 is 15.0 Å². The van der Waals surface area contributed by atoms with E-state index in [4.69, 9.17) is 0 Å². The first-order valence-electron chi connectivity index (χ1n) is 7.67. The van der Waals surface area contributed by atoms with Gasteiger partial charge in [0.05, 0.1) is 5.41 Å². The van der Waals surface area contributed by atoms with Gasteiger partial charge >= 0.3 is 6.18 Å². The summed E-state index contributed by atoms with van der Waals surface area (Å²) in [6, 6.07) is 5.94. The SMILES string of the molecule is O=C1CC2(CCN1)CCN(c1ccc(OCC(F)(F)F)cc1)C2=O. The first kappa shape index (κ1) is 16.6. The minimum atomic E-state index is -4.39. The average Bonchev–Trinajstić information content (AvgIpc) is 2.82. The van der Waals surface area contributed by atoms with Crippen LogP contribution in [0, 0.1) is 5.41 Å². The molecule has 2 saturated heterocycles. The van der Waals surface area contributed by atoms with Crippen molar-refractivity contribution in [1.82, 2.24) is 5.32 Å². The van der Waals surface area contributed by atoms with Crippen molar-refractivity contribution in [2.24, 2.45) is 5.41 Å². The van der Waals surface area contributed by atoms with Crippen molar-refractivity contribution in [3.63, 3.8) is 0 Å². The summed E-state index contributed by atoms with van der Waals surface area (Å²) < 4.78 is 41.1. The summed E-state index contributed by atoms with van der Waals surface area (Å²) >= 11 is 0. The van der Waals surface area contributed by atoms with Crippen LogP contribution in [0.25, 0.3) is 0 Å². The van der Waals surface area contributed by atoms with Gasteiger partial charge < -0.3 is 15.0 Å².